The molecule has 90 valence electrons. The number of carbonyl (C=O) groups excluding carboxylic acids is 2. The van der Waals surface area contributed by atoms with E-state index in [-0.39, 0.29) is 23.3 Å². The first-order valence-corrected chi connectivity index (χ1v) is 5.66. The largest absolute Gasteiger partial charge is 0.393 e. The summed E-state index contributed by atoms with van der Waals surface area (Å²) >= 11 is 4.74. The molecule has 0 bridgehead atoms. The highest BCUT2D eigenvalue weighted by Crippen LogP contribution is 2.18. The molecule has 6 heteroatoms. The summed E-state index contributed by atoms with van der Waals surface area (Å²) in [6.45, 7) is 1.70. The van der Waals surface area contributed by atoms with Crippen molar-refractivity contribution in [2.75, 3.05) is 13.6 Å². The molecule has 0 spiro atoms. The van der Waals surface area contributed by atoms with E-state index in [4.69, 9.17) is 18.0 Å². The molecule has 1 aliphatic rings. The van der Waals surface area contributed by atoms with Crippen LogP contribution in [0.2, 0.25) is 0 Å². The summed E-state index contributed by atoms with van der Waals surface area (Å²) in [4.78, 5) is 24.6. The van der Waals surface area contributed by atoms with Gasteiger partial charge in [0.25, 0.3) is 0 Å². The molecule has 2 amide bonds. The Morgan fingerprint density at radius 3 is 2.56 bits per heavy atom. The topological polar surface area (TPSA) is 75.4 Å². The van der Waals surface area contributed by atoms with Gasteiger partial charge in [0, 0.05) is 13.1 Å². The van der Waals surface area contributed by atoms with Gasteiger partial charge in [-0.3, -0.25) is 9.59 Å². The van der Waals surface area contributed by atoms with Gasteiger partial charge in [-0.05, 0) is 19.8 Å². The standard InChI is InChI=1S/C10H17N3O2S/c1-6(9(11)16)10(15)13(2)5-8(14)12-7-3-4-7/h6-7H,3-5H2,1-2H3,(H2,11,16)(H,12,14). The maximum absolute atomic E-state index is 11.7. The minimum Gasteiger partial charge on any atom is -0.393 e. The number of hydrogen-bond acceptors (Lipinski definition) is 3. The molecule has 0 heterocycles. The fourth-order valence-electron chi connectivity index (χ4n) is 1.25. The Morgan fingerprint density at radius 1 is 1.56 bits per heavy atom. The Kier molecular flexibility index (Phi) is 4.23. The second kappa shape index (κ2) is 5.25. The van der Waals surface area contributed by atoms with Crippen molar-refractivity contribution in [1.29, 1.82) is 0 Å². The van der Waals surface area contributed by atoms with Crippen molar-refractivity contribution in [1.82, 2.24) is 10.2 Å². The highest BCUT2D eigenvalue weighted by Gasteiger charge is 2.25. The fourth-order valence-corrected chi connectivity index (χ4v) is 1.35. The number of carbonyl (C=O) groups is 2. The number of thiocarbonyl (C=S) groups is 1. The molecule has 0 aromatic heterocycles. The zero-order chi connectivity index (χ0) is 12.3. The van der Waals surface area contributed by atoms with Crippen LogP contribution in [-0.2, 0) is 9.59 Å². The maximum atomic E-state index is 11.7. The van der Waals surface area contributed by atoms with Crippen molar-refractivity contribution < 1.29 is 9.59 Å². The summed E-state index contributed by atoms with van der Waals surface area (Å²) in [5.74, 6) is -0.874. The van der Waals surface area contributed by atoms with Crippen LogP contribution in [0.15, 0.2) is 0 Å². The van der Waals surface area contributed by atoms with E-state index in [0.717, 1.165) is 12.8 Å². The Hall–Kier alpha value is -1.17. The van der Waals surface area contributed by atoms with Crippen LogP contribution in [0.5, 0.6) is 0 Å². The van der Waals surface area contributed by atoms with Gasteiger partial charge in [-0.2, -0.15) is 0 Å². The first kappa shape index (κ1) is 12.9. The molecule has 1 atom stereocenters. The van der Waals surface area contributed by atoms with Crippen molar-refractivity contribution in [3.63, 3.8) is 0 Å². The van der Waals surface area contributed by atoms with Crippen LogP contribution in [0.25, 0.3) is 0 Å². The lowest BCUT2D eigenvalue weighted by molar-refractivity contribution is -0.136. The van der Waals surface area contributed by atoms with Crippen molar-refractivity contribution >= 4 is 29.0 Å². The first-order chi connectivity index (χ1) is 7.41. The summed E-state index contributed by atoms with van der Waals surface area (Å²) in [5.41, 5.74) is 5.38. The van der Waals surface area contributed by atoms with Gasteiger partial charge >= 0.3 is 0 Å². The van der Waals surface area contributed by atoms with Crippen molar-refractivity contribution in [3.05, 3.63) is 0 Å². The molecule has 3 N–H and O–H groups in total. The van der Waals surface area contributed by atoms with Crippen molar-refractivity contribution in [2.45, 2.75) is 25.8 Å². The van der Waals surface area contributed by atoms with Crippen LogP contribution in [-0.4, -0.2) is 41.3 Å². The summed E-state index contributed by atoms with van der Waals surface area (Å²) in [6, 6.07) is 0.309. The number of nitrogens with zero attached hydrogens (tertiary/aromatic N) is 1. The van der Waals surface area contributed by atoms with E-state index in [1.54, 1.807) is 14.0 Å². The lowest BCUT2D eigenvalue weighted by atomic mass is 10.1. The fraction of sp³-hybridized carbons (Fsp3) is 0.700. The summed E-state index contributed by atoms with van der Waals surface area (Å²) in [5, 5.41) is 2.81. The molecule has 1 unspecified atom stereocenters. The first-order valence-electron chi connectivity index (χ1n) is 5.25. The SMILES string of the molecule is CC(C(=O)N(C)CC(=O)NC1CC1)C(N)=S. The molecule has 0 aromatic rings. The Labute approximate surface area is 100 Å². The highest BCUT2D eigenvalue weighted by atomic mass is 32.1. The molecule has 1 saturated carbocycles. The van der Waals surface area contributed by atoms with Gasteiger partial charge < -0.3 is 16.0 Å². The van der Waals surface area contributed by atoms with Gasteiger partial charge in [-0.1, -0.05) is 12.2 Å². The number of hydrogen-bond donors (Lipinski definition) is 2. The molecular weight excluding hydrogens is 226 g/mol. The molecule has 1 rings (SSSR count). The number of rotatable bonds is 5. The predicted molar refractivity (Wildman–Crippen MR) is 64.8 cm³/mol. The van der Waals surface area contributed by atoms with Gasteiger partial charge in [-0.25, -0.2) is 0 Å². The Balaban J connectivity index is 2.37. The molecule has 0 radical (unpaired) electrons. The minimum absolute atomic E-state index is 0.0578. The van der Waals surface area contributed by atoms with E-state index in [0.29, 0.717) is 6.04 Å². The lowest BCUT2D eigenvalue weighted by Gasteiger charge is -2.20. The molecule has 0 aliphatic heterocycles. The summed E-state index contributed by atoms with van der Waals surface area (Å²) in [7, 11) is 1.57. The van der Waals surface area contributed by atoms with Crippen molar-refractivity contribution in [2.24, 2.45) is 11.7 Å². The normalized spacial score (nSPS) is 16.4. The average Bonchev–Trinajstić information content (AvgIpc) is 2.98. The number of amides is 2. The minimum atomic E-state index is -0.520. The smallest absolute Gasteiger partial charge is 0.239 e. The molecule has 0 saturated heterocycles. The van der Waals surface area contributed by atoms with E-state index in [9.17, 15) is 9.59 Å². The van der Waals surface area contributed by atoms with Gasteiger partial charge in [0.15, 0.2) is 0 Å². The van der Waals surface area contributed by atoms with Gasteiger partial charge in [-0.15, -0.1) is 0 Å². The highest BCUT2D eigenvalue weighted by molar-refractivity contribution is 7.80. The zero-order valence-corrected chi connectivity index (χ0v) is 10.3. The predicted octanol–water partition coefficient (Wildman–Crippen LogP) is -0.354. The van der Waals surface area contributed by atoms with Crippen LogP contribution >= 0.6 is 12.2 Å². The number of nitrogens with one attached hydrogen (secondary N) is 1. The van der Waals surface area contributed by atoms with E-state index in [2.05, 4.69) is 5.32 Å². The third kappa shape index (κ3) is 3.77. The molecule has 5 nitrogen and oxygen atoms in total. The molecule has 1 fully saturated rings. The average molecular weight is 243 g/mol. The van der Waals surface area contributed by atoms with Crippen LogP contribution in [0.3, 0.4) is 0 Å². The maximum Gasteiger partial charge on any atom is 0.239 e. The molecule has 0 aromatic carbocycles. The van der Waals surface area contributed by atoms with E-state index >= 15 is 0 Å². The van der Waals surface area contributed by atoms with Crippen LogP contribution in [0, 0.1) is 5.92 Å². The quantitative estimate of drug-likeness (QED) is 0.647. The second-order valence-electron chi connectivity index (χ2n) is 4.16. The van der Waals surface area contributed by atoms with Gasteiger partial charge in [0.1, 0.15) is 0 Å². The Morgan fingerprint density at radius 2 is 2.12 bits per heavy atom. The Bertz CT molecular complexity index is 315. The summed E-state index contributed by atoms with van der Waals surface area (Å²) < 4.78 is 0. The monoisotopic (exact) mass is 243 g/mol. The van der Waals surface area contributed by atoms with Crippen molar-refractivity contribution in [3.8, 4) is 0 Å². The second-order valence-corrected chi connectivity index (χ2v) is 4.63. The van der Waals surface area contributed by atoms with Crippen LogP contribution in [0.1, 0.15) is 19.8 Å². The lowest BCUT2D eigenvalue weighted by Crippen LogP contribution is -2.43. The molecular formula is C10H17N3O2S. The van der Waals surface area contributed by atoms with E-state index < -0.39 is 5.92 Å². The van der Waals surface area contributed by atoms with Gasteiger partial charge in [0.05, 0.1) is 17.5 Å². The zero-order valence-electron chi connectivity index (χ0n) is 9.53. The van der Waals surface area contributed by atoms with E-state index in [1.807, 2.05) is 0 Å². The van der Waals surface area contributed by atoms with Gasteiger partial charge in [0.2, 0.25) is 11.8 Å². The number of nitrogens with two attached hydrogens (primary N) is 1. The molecule has 16 heavy (non-hydrogen) atoms. The third-order valence-corrected chi connectivity index (χ3v) is 2.85. The summed E-state index contributed by atoms with van der Waals surface area (Å²) in [6.07, 6.45) is 2.07. The third-order valence-electron chi connectivity index (χ3n) is 2.50. The van der Waals surface area contributed by atoms with E-state index in [1.165, 1.54) is 4.90 Å². The number of likely N-dealkylation sites (N-methyl/N-ethyl adjacent to an activating group) is 1. The van der Waals surface area contributed by atoms with Crippen LogP contribution in [0.4, 0.5) is 0 Å². The molecule has 1 aliphatic carbocycles. The van der Waals surface area contributed by atoms with Crippen LogP contribution < -0.4 is 11.1 Å².